The Kier molecular flexibility index (Phi) is 11.0. The molecular formula is C33H37N5O5S. The highest BCUT2D eigenvalue weighted by Gasteiger charge is 2.15. The molecule has 4 aromatic rings. The van der Waals surface area contributed by atoms with Crippen LogP contribution in [0.5, 0.6) is 17.2 Å². The van der Waals surface area contributed by atoms with E-state index in [0.29, 0.717) is 52.6 Å². The van der Waals surface area contributed by atoms with Gasteiger partial charge in [0.2, 0.25) is 11.0 Å². The molecule has 0 aliphatic heterocycles. The molecule has 1 aromatic heterocycles. The molecule has 0 atom stereocenters. The molecular weight excluding hydrogens is 578 g/mol. The molecule has 0 fully saturated rings. The van der Waals surface area contributed by atoms with Gasteiger partial charge in [-0.2, -0.15) is 5.10 Å². The summed E-state index contributed by atoms with van der Waals surface area (Å²) >= 11 is 1.13. The summed E-state index contributed by atoms with van der Waals surface area (Å²) in [5, 5.41) is 15.5. The van der Waals surface area contributed by atoms with Crippen LogP contribution in [0, 0.1) is 6.92 Å². The van der Waals surface area contributed by atoms with Gasteiger partial charge in [0.05, 0.1) is 19.2 Å². The Labute approximate surface area is 261 Å². The molecule has 10 nitrogen and oxygen atoms in total. The maximum Gasteiger partial charge on any atom is 0.257 e. The van der Waals surface area contributed by atoms with Gasteiger partial charge in [0.25, 0.3) is 5.91 Å². The maximum atomic E-state index is 12.5. The van der Waals surface area contributed by atoms with Gasteiger partial charge in [-0.1, -0.05) is 62.4 Å². The number of aryl methyl sites for hydroxylation is 1. The molecule has 0 bridgehead atoms. The Balaban J connectivity index is 1.24. The predicted octanol–water partition coefficient (Wildman–Crippen LogP) is 5.95. The molecule has 1 heterocycles. The second-order valence-corrected chi connectivity index (χ2v) is 11.9. The molecule has 0 spiro atoms. The van der Waals surface area contributed by atoms with E-state index in [-0.39, 0.29) is 23.7 Å². The van der Waals surface area contributed by atoms with E-state index in [4.69, 9.17) is 14.2 Å². The molecule has 230 valence electrons. The van der Waals surface area contributed by atoms with Crippen LogP contribution in [0.1, 0.15) is 59.8 Å². The van der Waals surface area contributed by atoms with Crippen molar-refractivity contribution in [2.24, 2.45) is 5.10 Å². The Morgan fingerprint density at radius 2 is 1.68 bits per heavy atom. The number of carbonyl (C=O) groups excluding carboxylic acids is 2. The quantitative estimate of drug-likeness (QED) is 0.108. The minimum Gasteiger partial charge on any atom is -0.490 e. The molecule has 0 saturated carbocycles. The van der Waals surface area contributed by atoms with Crippen molar-refractivity contribution in [3.8, 4) is 17.2 Å². The zero-order chi connectivity index (χ0) is 31.5. The number of aromatic nitrogens is 2. The van der Waals surface area contributed by atoms with Crippen LogP contribution in [0.4, 0.5) is 5.13 Å². The molecule has 2 amide bonds. The van der Waals surface area contributed by atoms with Gasteiger partial charge in [0.15, 0.2) is 11.5 Å². The van der Waals surface area contributed by atoms with E-state index >= 15 is 0 Å². The maximum absolute atomic E-state index is 12.5. The first-order chi connectivity index (χ1) is 21.1. The van der Waals surface area contributed by atoms with E-state index in [1.807, 2.05) is 44.2 Å². The molecule has 11 heteroatoms. The van der Waals surface area contributed by atoms with Gasteiger partial charge in [0, 0.05) is 5.56 Å². The summed E-state index contributed by atoms with van der Waals surface area (Å²) in [5.74, 6) is 1.29. The first-order valence-electron chi connectivity index (χ1n) is 14.3. The molecule has 44 heavy (non-hydrogen) atoms. The summed E-state index contributed by atoms with van der Waals surface area (Å²) in [5.41, 5.74) is 5.95. The number of nitrogens with zero attached hydrogens (tertiary/aromatic N) is 3. The van der Waals surface area contributed by atoms with Gasteiger partial charge in [-0.15, -0.1) is 10.2 Å². The topological polar surface area (TPSA) is 124 Å². The number of ether oxygens (including phenoxy) is 3. The summed E-state index contributed by atoms with van der Waals surface area (Å²) < 4.78 is 17.5. The van der Waals surface area contributed by atoms with Crippen molar-refractivity contribution in [2.75, 3.05) is 25.1 Å². The Morgan fingerprint density at radius 1 is 0.932 bits per heavy atom. The van der Waals surface area contributed by atoms with E-state index < -0.39 is 0 Å². The van der Waals surface area contributed by atoms with Crippen LogP contribution < -0.4 is 25.0 Å². The van der Waals surface area contributed by atoms with Crippen molar-refractivity contribution >= 4 is 34.5 Å². The minimum absolute atomic E-state index is 0.0327. The van der Waals surface area contributed by atoms with Crippen molar-refractivity contribution in [3.63, 3.8) is 0 Å². The third kappa shape index (κ3) is 9.37. The smallest absolute Gasteiger partial charge is 0.257 e. The van der Waals surface area contributed by atoms with Crippen molar-refractivity contribution in [2.45, 2.75) is 46.5 Å². The lowest BCUT2D eigenvalue weighted by Crippen LogP contribution is -2.19. The van der Waals surface area contributed by atoms with Crippen LogP contribution >= 0.6 is 11.3 Å². The highest BCUT2D eigenvalue weighted by Crippen LogP contribution is 2.28. The van der Waals surface area contributed by atoms with E-state index in [9.17, 15) is 9.59 Å². The number of hydrogen-bond donors (Lipinski definition) is 2. The molecule has 3 aromatic carbocycles. The van der Waals surface area contributed by atoms with Crippen molar-refractivity contribution in [3.05, 3.63) is 94.0 Å². The van der Waals surface area contributed by atoms with Gasteiger partial charge in [0.1, 0.15) is 24.0 Å². The van der Waals surface area contributed by atoms with Crippen LogP contribution in [0.2, 0.25) is 0 Å². The Bertz CT molecular complexity index is 1590. The number of hydrazone groups is 1. The normalized spacial score (nSPS) is 11.3. The molecule has 2 N–H and O–H groups in total. The predicted molar refractivity (Wildman–Crippen MR) is 172 cm³/mol. The molecule has 0 aliphatic carbocycles. The lowest BCUT2D eigenvalue weighted by Gasteiger charge is -2.19. The van der Waals surface area contributed by atoms with E-state index in [1.54, 1.807) is 24.3 Å². The molecule has 0 saturated heterocycles. The van der Waals surface area contributed by atoms with Crippen LogP contribution in [0.25, 0.3) is 0 Å². The number of hydrogen-bond acceptors (Lipinski definition) is 9. The highest BCUT2D eigenvalue weighted by atomic mass is 32.1. The summed E-state index contributed by atoms with van der Waals surface area (Å²) in [6, 6.07) is 20.7. The van der Waals surface area contributed by atoms with E-state index in [0.717, 1.165) is 22.6 Å². The van der Waals surface area contributed by atoms with E-state index in [2.05, 4.69) is 58.9 Å². The number of carbonyl (C=O) groups is 2. The molecule has 0 radical (unpaired) electrons. The van der Waals surface area contributed by atoms with Gasteiger partial charge in [-0.05, 0) is 72.4 Å². The number of amides is 2. The lowest BCUT2D eigenvalue weighted by atomic mass is 9.87. The third-order valence-electron chi connectivity index (χ3n) is 6.39. The minimum atomic E-state index is -0.368. The Hall–Kier alpha value is -4.77. The first kappa shape index (κ1) is 32.2. The van der Waals surface area contributed by atoms with Gasteiger partial charge in [-0.25, -0.2) is 5.43 Å². The van der Waals surface area contributed by atoms with Crippen molar-refractivity contribution in [1.29, 1.82) is 0 Å². The number of rotatable bonds is 13. The zero-order valence-corrected chi connectivity index (χ0v) is 26.4. The number of nitrogens with one attached hydrogen (secondary N) is 2. The highest BCUT2D eigenvalue weighted by molar-refractivity contribution is 7.15. The first-order valence-corrected chi connectivity index (χ1v) is 15.1. The fourth-order valence-electron chi connectivity index (χ4n) is 4.08. The van der Waals surface area contributed by atoms with Crippen LogP contribution in [0.15, 0.2) is 71.8 Å². The average molecular weight is 616 g/mol. The largest absolute Gasteiger partial charge is 0.490 e. The third-order valence-corrected chi connectivity index (χ3v) is 7.23. The fourth-order valence-corrected chi connectivity index (χ4v) is 4.81. The summed E-state index contributed by atoms with van der Waals surface area (Å²) in [6.45, 7) is 11.5. The van der Waals surface area contributed by atoms with Gasteiger partial charge >= 0.3 is 0 Å². The van der Waals surface area contributed by atoms with Crippen molar-refractivity contribution in [1.82, 2.24) is 15.6 Å². The van der Waals surface area contributed by atoms with Gasteiger partial charge in [-0.3, -0.25) is 14.9 Å². The number of benzene rings is 3. The molecule has 4 rings (SSSR count). The summed E-state index contributed by atoms with van der Waals surface area (Å²) in [7, 11) is 0. The van der Waals surface area contributed by atoms with Crippen LogP contribution in [0.3, 0.4) is 0 Å². The Morgan fingerprint density at radius 3 is 2.41 bits per heavy atom. The van der Waals surface area contributed by atoms with Crippen LogP contribution in [-0.2, 0) is 16.6 Å². The average Bonchev–Trinajstić information content (AvgIpc) is 3.42. The van der Waals surface area contributed by atoms with Crippen molar-refractivity contribution < 1.29 is 23.8 Å². The van der Waals surface area contributed by atoms with Gasteiger partial charge < -0.3 is 14.2 Å². The number of anilines is 1. The standard InChI is InChI=1S/C33H37N5O5S/c1-6-41-28-19-23(11-16-27(28)43-18-17-42-25-14-12-24(13-15-25)33(3,4)5)21-34-36-29(39)20-30-37-38-32(44-30)35-31(40)26-10-8-7-9-22(26)2/h7-16,19,21H,6,17-18,20H2,1-5H3,(H,36,39)(H,35,38,40). The molecule has 0 unspecified atom stereocenters. The zero-order valence-electron chi connectivity index (χ0n) is 25.5. The van der Waals surface area contributed by atoms with E-state index in [1.165, 1.54) is 11.8 Å². The monoisotopic (exact) mass is 615 g/mol. The fraction of sp³-hybridized carbons (Fsp3) is 0.303. The SMILES string of the molecule is CCOc1cc(C=NNC(=O)Cc2nnc(NC(=O)c3ccccc3C)s2)ccc1OCCOc1ccc(C(C)(C)C)cc1. The molecule has 0 aliphatic rings. The second-order valence-electron chi connectivity index (χ2n) is 10.9. The lowest BCUT2D eigenvalue weighted by molar-refractivity contribution is -0.120. The second kappa shape index (κ2) is 15.1. The summed E-state index contributed by atoms with van der Waals surface area (Å²) in [6.07, 6.45) is 1.48. The van der Waals surface area contributed by atoms with Crippen LogP contribution in [-0.4, -0.2) is 48.0 Å². The summed E-state index contributed by atoms with van der Waals surface area (Å²) in [4.78, 5) is 24.9.